The van der Waals surface area contributed by atoms with Crippen LogP contribution in [0.15, 0.2) is 4.40 Å². The molecule has 0 spiro atoms. The molecule has 7 heavy (non-hydrogen) atoms. The van der Waals surface area contributed by atoms with E-state index in [1.54, 1.807) is 0 Å². The lowest BCUT2D eigenvalue weighted by Crippen LogP contribution is -1.94. The molecule has 0 saturated carbocycles. The van der Waals surface area contributed by atoms with Crippen molar-refractivity contribution < 1.29 is 0 Å². The van der Waals surface area contributed by atoms with Gasteiger partial charge in [0.2, 0.25) is 0 Å². The number of alkyl halides is 1. The van der Waals surface area contributed by atoms with Crippen molar-refractivity contribution in [2.45, 2.75) is 4.71 Å². The Morgan fingerprint density at radius 2 is 2.43 bits per heavy atom. The van der Waals surface area contributed by atoms with E-state index in [2.05, 4.69) is 4.40 Å². The van der Waals surface area contributed by atoms with Gasteiger partial charge >= 0.3 is 0 Å². The van der Waals surface area contributed by atoms with Crippen LogP contribution in [0.2, 0.25) is 0 Å². The molecule has 1 atom stereocenters. The second-order valence-corrected chi connectivity index (χ2v) is 4.00. The molecule has 1 unspecified atom stereocenters. The predicted octanol–water partition coefficient (Wildman–Crippen LogP) is 2.50. The van der Waals surface area contributed by atoms with Crippen LogP contribution in [0, 0.1) is 0 Å². The van der Waals surface area contributed by atoms with Crippen LogP contribution in [0.5, 0.6) is 0 Å². The summed E-state index contributed by atoms with van der Waals surface area (Å²) in [6.07, 6.45) is 0. The van der Waals surface area contributed by atoms with Crippen LogP contribution < -0.4 is 0 Å². The zero-order chi connectivity index (χ0) is 5.28. The van der Waals surface area contributed by atoms with Crippen LogP contribution >= 0.6 is 45.0 Å². The van der Waals surface area contributed by atoms with Crippen LogP contribution in [0.4, 0.5) is 0 Å². The van der Waals surface area contributed by atoms with Crippen molar-refractivity contribution in [3.05, 3.63) is 0 Å². The zero-order valence-electron chi connectivity index (χ0n) is 3.10. The zero-order valence-corrected chi connectivity index (χ0v) is 6.24. The number of nitrogens with zero attached hydrogens (tertiary/aromatic N) is 1. The van der Waals surface area contributed by atoms with Crippen LogP contribution in [-0.2, 0) is 0 Å². The third-order valence-corrected chi connectivity index (χ3v) is 3.68. The Balaban J connectivity index is 2.54. The second-order valence-electron chi connectivity index (χ2n) is 0.901. The van der Waals surface area contributed by atoms with Crippen LogP contribution in [0.3, 0.4) is 0 Å². The first kappa shape index (κ1) is 6.08. The van der Waals surface area contributed by atoms with E-state index in [0.29, 0.717) is 5.17 Å². The summed E-state index contributed by atoms with van der Waals surface area (Å²) >= 11 is 11.0. The van der Waals surface area contributed by atoms with Crippen LogP contribution in [0.1, 0.15) is 0 Å². The van der Waals surface area contributed by atoms with E-state index in [-0.39, 0.29) is 4.71 Å². The molecule has 0 aliphatic carbocycles. The van der Waals surface area contributed by atoms with Crippen molar-refractivity contribution in [2.75, 3.05) is 0 Å². The first-order valence-corrected chi connectivity index (χ1v) is 4.49. The molecule has 5 heteroatoms. The molecule has 1 aliphatic heterocycles. The van der Waals surface area contributed by atoms with Gasteiger partial charge in [0, 0.05) is 11.0 Å². The summed E-state index contributed by atoms with van der Waals surface area (Å²) in [4.78, 5) is 0. The molecule has 0 fully saturated rings. The molecule has 0 aromatic heterocycles. The largest absolute Gasteiger partial charge is 0.195 e. The van der Waals surface area contributed by atoms with Gasteiger partial charge < -0.3 is 0 Å². The molecule has 1 heterocycles. The first-order chi connectivity index (χ1) is 3.30. The summed E-state index contributed by atoms with van der Waals surface area (Å²) < 4.78 is 3.63. The lowest BCUT2D eigenvalue weighted by molar-refractivity contribution is 1.81. The Morgan fingerprint density at radius 3 is 2.57 bits per heavy atom. The monoisotopic (exact) mass is 173 g/mol. The van der Waals surface area contributed by atoms with Gasteiger partial charge in [-0.3, -0.25) is 0 Å². The molecular formula is C2HCl2NS2. The van der Waals surface area contributed by atoms with Crippen molar-refractivity contribution in [3.8, 4) is 0 Å². The third-order valence-electron chi connectivity index (χ3n) is 0.439. The van der Waals surface area contributed by atoms with E-state index in [4.69, 9.17) is 23.2 Å². The normalized spacial score (nSPS) is 30.6. The fourth-order valence-corrected chi connectivity index (χ4v) is 2.46. The highest BCUT2D eigenvalue weighted by Gasteiger charge is 2.17. The van der Waals surface area contributed by atoms with Crippen molar-refractivity contribution in [1.82, 2.24) is 0 Å². The van der Waals surface area contributed by atoms with Crippen molar-refractivity contribution in [3.63, 3.8) is 0 Å². The quantitative estimate of drug-likeness (QED) is 0.317. The minimum atomic E-state index is -0.119. The van der Waals surface area contributed by atoms with Crippen LogP contribution in [-0.4, -0.2) is 9.88 Å². The maximum atomic E-state index is 5.54. The van der Waals surface area contributed by atoms with E-state index in [0.717, 1.165) is 0 Å². The molecule has 40 valence electrons. The Kier molecular flexibility index (Phi) is 2.16. The van der Waals surface area contributed by atoms with Gasteiger partial charge in [0.1, 0.15) is 9.88 Å². The third kappa shape index (κ3) is 1.42. The van der Waals surface area contributed by atoms with Crippen molar-refractivity contribution in [2.24, 2.45) is 4.40 Å². The standard InChI is InChI=1S/C2HCl2NS2/c3-1-2(4)6-7-5-1/h2H. The molecule has 0 amide bonds. The molecule has 0 radical (unpaired) electrons. The SMILES string of the molecule is ClC1=NSSC1Cl. The van der Waals surface area contributed by atoms with E-state index in [1.165, 1.54) is 21.8 Å². The number of hydrogen-bond donors (Lipinski definition) is 0. The molecular weight excluding hydrogens is 173 g/mol. The summed E-state index contributed by atoms with van der Waals surface area (Å²) in [5.74, 6) is 0. The maximum Gasteiger partial charge on any atom is 0.144 e. The van der Waals surface area contributed by atoms with Gasteiger partial charge in [0.05, 0.1) is 0 Å². The highest BCUT2D eigenvalue weighted by molar-refractivity contribution is 8.77. The van der Waals surface area contributed by atoms with Crippen molar-refractivity contribution >= 4 is 50.1 Å². The van der Waals surface area contributed by atoms with Gasteiger partial charge in [-0.25, -0.2) is 0 Å². The highest BCUT2D eigenvalue weighted by atomic mass is 35.5. The Bertz CT molecular complexity index is 104. The van der Waals surface area contributed by atoms with E-state index in [9.17, 15) is 0 Å². The lowest BCUT2D eigenvalue weighted by atomic mass is 10.9. The average Bonchev–Trinajstić information content (AvgIpc) is 1.91. The summed E-state index contributed by atoms with van der Waals surface area (Å²) in [5, 5.41) is 0.497. The predicted molar refractivity (Wildman–Crippen MR) is 38.1 cm³/mol. The fraction of sp³-hybridized carbons (Fsp3) is 0.500. The first-order valence-electron chi connectivity index (χ1n) is 1.50. The summed E-state index contributed by atoms with van der Waals surface area (Å²) in [7, 11) is 2.78. The molecule has 0 aromatic carbocycles. The molecule has 0 bridgehead atoms. The molecule has 1 aliphatic rings. The summed E-state index contributed by atoms with van der Waals surface area (Å²) in [6, 6.07) is 0. The van der Waals surface area contributed by atoms with Gasteiger partial charge in [0.15, 0.2) is 0 Å². The van der Waals surface area contributed by atoms with Gasteiger partial charge in [-0.2, -0.15) is 4.40 Å². The lowest BCUT2D eigenvalue weighted by Gasteiger charge is -1.87. The van der Waals surface area contributed by atoms with Crippen LogP contribution in [0.25, 0.3) is 0 Å². The number of halogens is 2. The maximum absolute atomic E-state index is 5.54. The molecule has 0 N–H and O–H groups in total. The fourth-order valence-electron chi connectivity index (χ4n) is 0.176. The summed E-state index contributed by atoms with van der Waals surface area (Å²) in [5.41, 5.74) is 0. The second kappa shape index (κ2) is 2.49. The average molecular weight is 174 g/mol. The molecule has 0 saturated heterocycles. The minimum Gasteiger partial charge on any atom is -0.195 e. The van der Waals surface area contributed by atoms with E-state index >= 15 is 0 Å². The van der Waals surface area contributed by atoms with Gasteiger partial charge in [-0.1, -0.05) is 11.6 Å². The summed E-state index contributed by atoms with van der Waals surface area (Å²) in [6.45, 7) is 0. The Morgan fingerprint density at radius 1 is 1.71 bits per heavy atom. The Hall–Kier alpha value is 0.950. The number of rotatable bonds is 0. The van der Waals surface area contributed by atoms with E-state index < -0.39 is 0 Å². The van der Waals surface area contributed by atoms with Gasteiger partial charge in [-0.15, -0.1) is 11.6 Å². The smallest absolute Gasteiger partial charge is 0.144 e. The van der Waals surface area contributed by atoms with Gasteiger partial charge in [0.25, 0.3) is 0 Å². The van der Waals surface area contributed by atoms with E-state index in [1.807, 2.05) is 0 Å². The minimum absolute atomic E-state index is 0.119. The molecule has 1 nitrogen and oxygen atoms in total. The highest BCUT2D eigenvalue weighted by Crippen LogP contribution is 2.38. The topological polar surface area (TPSA) is 12.4 Å². The number of hydrogen-bond acceptors (Lipinski definition) is 3. The molecule has 1 rings (SSSR count). The Labute approximate surface area is 59.4 Å². The van der Waals surface area contributed by atoms with Crippen molar-refractivity contribution in [1.29, 1.82) is 0 Å². The van der Waals surface area contributed by atoms with Gasteiger partial charge in [-0.05, 0) is 10.8 Å². The molecule has 0 aromatic rings.